The monoisotopic (exact) mass is 528 g/mol. The van der Waals surface area contributed by atoms with Crippen molar-refractivity contribution >= 4 is 18.0 Å². The SMILES string of the molecule is CC[C@H](NC(=O)OCC1c2ccccc2-c2ccccc21)C(=O)NC(CC(C)C)C(=O)OCc1ccccc1. The van der Waals surface area contributed by atoms with E-state index in [1.807, 2.05) is 68.4 Å². The maximum absolute atomic E-state index is 13.1. The van der Waals surface area contributed by atoms with Crippen molar-refractivity contribution < 1.29 is 23.9 Å². The van der Waals surface area contributed by atoms with Gasteiger partial charge in [0.15, 0.2) is 0 Å². The molecule has 0 spiro atoms. The van der Waals surface area contributed by atoms with E-state index in [9.17, 15) is 14.4 Å². The Hall–Kier alpha value is -4.13. The van der Waals surface area contributed by atoms with E-state index in [-0.39, 0.29) is 25.0 Å². The van der Waals surface area contributed by atoms with Gasteiger partial charge in [-0.2, -0.15) is 0 Å². The Kier molecular flexibility index (Phi) is 9.36. The molecule has 0 saturated heterocycles. The van der Waals surface area contributed by atoms with Crippen LogP contribution in [0.1, 0.15) is 56.2 Å². The Balaban J connectivity index is 1.34. The lowest BCUT2D eigenvalue weighted by Crippen LogP contribution is -2.52. The summed E-state index contributed by atoms with van der Waals surface area (Å²) in [5.74, 6) is -0.883. The third kappa shape index (κ3) is 7.05. The average molecular weight is 529 g/mol. The molecule has 0 heterocycles. The summed E-state index contributed by atoms with van der Waals surface area (Å²) in [6, 6.07) is 23.9. The molecular formula is C32H36N2O5. The summed E-state index contributed by atoms with van der Waals surface area (Å²) in [7, 11) is 0. The molecule has 204 valence electrons. The highest BCUT2D eigenvalue weighted by Gasteiger charge is 2.31. The van der Waals surface area contributed by atoms with Gasteiger partial charge >= 0.3 is 12.1 Å². The van der Waals surface area contributed by atoms with E-state index in [1.165, 1.54) is 0 Å². The van der Waals surface area contributed by atoms with Crippen LogP contribution in [0, 0.1) is 5.92 Å². The van der Waals surface area contributed by atoms with Gasteiger partial charge in [-0.3, -0.25) is 4.79 Å². The fourth-order valence-corrected chi connectivity index (χ4v) is 4.92. The van der Waals surface area contributed by atoms with Crippen LogP contribution in [0.3, 0.4) is 0 Å². The number of ether oxygens (including phenoxy) is 2. The fourth-order valence-electron chi connectivity index (χ4n) is 4.92. The lowest BCUT2D eigenvalue weighted by atomic mass is 9.98. The Morgan fingerprint density at radius 1 is 0.769 bits per heavy atom. The molecule has 0 saturated carbocycles. The van der Waals surface area contributed by atoms with E-state index in [4.69, 9.17) is 9.47 Å². The molecule has 1 unspecified atom stereocenters. The molecule has 3 aromatic rings. The number of fused-ring (bicyclic) bond motifs is 3. The third-order valence-corrected chi connectivity index (χ3v) is 6.89. The van der Waals surface area contributed by atoms with Gasteiger partial charge in [-0.15, -0.1) is 0 Å². The minimum absolute atomic E-state index is 0.0770. The Morgan fingerprint density at radius 2 is 1.36 bits per heavy atom. The molecule has 0 radical (unpaired) electrons. The molecule has 2 amide bonds. The van der Waals surface area contributed by atoms with Crippen molar-refractivity contribution in [2.75, 3.05) is 6.61 Å². The molecular weight excluding hydrogens is 492 g/mol. The molecule has 1 aliphatic carbocycles. The number of nitrogens with one attached hydrogen (secondary N) is 2. The molecule has 7 nitrogen and oxygen atoms in total. The maximum Gasteiger partial charge on any atom is 0.407 e. The number of amides is 2. The van der Waals surface area contributed by atoms with Crippen LogP contribution in [-0.4, -0.2) is 36.7 Å². The molecule has 39 heavy (non-hydrogen) atoms. The molecule has 2 atom stereocenters. The minimum Gasteiger partial charge on any atom is -0.459 e. The fraction of sp³-hybridized carbons (Fsp3) is 0.344. The number of hydrogen-bond acceptors (Lipinski definition) is 5. The highest BCUT2D eigenvalue weighted by molar-refractivity contribution is 5.89. The number of alkyl carbamates (subject to hydrolysis) is 1. The Bertz CT molecular complexity index is 1240. The van der Waals surface area contributed by atoms with Gasteiger partial charge in [0.25, 0.3) is 0 Å². The molecule has 7 heteroatoms. The summed E-state index contributed by atoms with van der Waals surface area (Å²) >= 11 is 0. The number of hydrogen-bond donors (Lipinski definition) is 2. The molecule has 0 aliphatic heterocycles. The lowest BCUT2D eigenvalue weighted by molar-refractivity contribution is -0.149. The van der Waals surface area contributed by atoms with Crippen LogP contribution < -0.4 is 10.6 Å². The molecule has 0 aromatic heterocycles. The van der Waals surface area contributed by atoms with Gasteiger partial charge in [0.05, 0.1) is 0 Å². The highest BCUT2D eigenvalue weighted by atomic mass is 16.5. The second-order valence-electron chi connectivity index (χ2n) is 10.2. The Morgan fingerprint density at radius 3 is 1.95 bits per heavy atom. The van der Waals surface area contributed by atoms with Gasteiger partial charge in [-0.05, 0) is 46.6 Å². The number of carbonyl (C=O) groups excluding carboxylic acids is 3. The molecule has 4 rings (SSSR count). The highest BCUT2D eigenvalue weighted by Crippen LogP contribution is 2.44. The first kappa shape index (κ1) is 27.9. The van der Waals surface area contributed by atoms with Crippen LogP contribution in [0.5, 0.6) is 0 Å². The van der Waals surface area contributed by atoms with Gasteiger partial charge in [-0.1, -0.05) is 99.6 Å². The van der Waals surface area contributed by atoms with Crippen molar-refractivity contribution in [3.8, 4) is 11.1 Å². The maximum atomic E-state index is 13.1. The zero-order valence-electron chi connectivity index (χ0n) is 22.7. The van der Waals surface area contributed by atoms with E-state index in [2.05, 4.69) is 34.9 Å². The van der Waals surface area contributed by atoms with Crippen LogP contribution in [-0.2, 0) is 25.7 Å². The number of benzene rings is 3. The largest absolute Gasteiger partial charge is 0.459 e. The van der Waals surface area contributed by atoms with Gasteiger partial charge < -0.3 is 20.1 Å². The van der Waals surface area contributed by atoms with Gasteiger partial charge in [0, 0.05) is 5.92 Å². The van der Waals surface area contributed by atoms with Gasteiger partial charge in [-0.25, -0.2) is 9.59 Å². The van der Waals surface area contributed by atoms with Crippen LogP contribution in [0.25, 0.3) is 11.1 Å². The van der Waals surface area contributed by atoms with Crippen molar-refractivity contribution in [1.82, 2.24) is 10.6 Å². The summed E-state index contributed by atoms with van der Waals surface area (Å²) in [5, 5.41) is 5.45. The van der Waals surface area contributed by atoms with E-state index in [0.29, 0.717) is 12.8 Å². The smallest absolute Gasteiger partial charge is 0.407 e. The standard InChI is InChI=1S/C32H36N2O5/c1-4-28(30(35)33-29(18-21(2)3)31(36)38-19-22-12-6-5-7-13-22)34-32(37)39-20-27-25-16-10-8-14-23(25)24-15-9-11-17-26(24)27/h5-17,21,27-29H,4,18-20H2,1-3H3,(H,33,35)(H,34,37)/t28-,29?/m0/s1. The molecule has 0 bridgehead atoms. The summed E-state index contributed by atoms with van der Waals surface area (Å²) < 4.78 is 11.1. The van der Waals surface area contributed by atoms with E-state index < -0.39 is 30.1 Å². The first-order chi connectivity index (χ1) is 18.9. The predicted molar refractivity (Wildman–Crippen MR) is 150 cm³/mol. The molecule has 2 N–H and O–H groups in total. The third-order valence-electron chi connectivity index (χ3n) is 6.89. The van der Waals surface area contributed by atoms with Crippen molar-refractivity contribution in [2.24, 2.45) is 5.92 Å². The van der Waals surface area contributed by atoms with Gasteiger partial charge in [0.2, 0.25) is 5.91 Å². The summed E-state index contributed by atoms with van der Waals surface area (Å²) in [6.07, 6.45) is 0.0791. The second kappa shape index (κ2) is 13.1. The zero-order valence-corrected chi connectivity index (χ0v) is 22.7. The predicted octanol–water partition coefficient (Wildman–Crippen LogP) is 5.58. The molecule has 1 aliphatic rings. The van der Waals surface area contributed by atoms with Crippen LogP contribution in [0.15, 0.2) is 78.9 Å². The summed E-state index contributed by atoms with van der Waals surface area (Å²) in [5.41, 5.74) is 5.37. The number of esters is 1. The van der Waals surface area contributed by atoms with Crippen LogP contribution in [0.4, 0.5) is 4.79 Å². The first-order valence-corrected chi connectivity index (χ1v) is 13.5. The quantitative estimate of drug-likeness (QED) is 0.317. The zero-order chi connectivity index (χ0) is 27.8. The number of carbonyl (C=O) groups is 3. The molecule has 3 aromatic carbocycles. The van der Waals surface area contributed by atoms with E-state index in [1.54, 1.807) is 6.92 Å². The molecule has 0 fully saturated rings. The minimum atomic E-state index is -0.850. The van der Waals surface area contributed by atoms with Crippen molar-refractivity contribution in [2.45, 2.75) is 58.2 Å². The summed E-state index contributed by atoms with van der Waals surface area (Å²) in [6.45, 7) is 6.00. The first-order valence-electron chi connectivity index (χ1n) is 13.5. The second-order valence-corrected chi connectivity index (χ2v) is 10.2. The topological polar surface area (TPSA) is 93.7 Å². The van der Waals surface area contributed by atoms with E-state index >= 15 is 0 Å². The van der Waals surface area contributed by atoms with Crippen molar-refractivity contribution in [3.63, 3.8) is 0 Å². The van der Waals surface area contributed by atoms with Crippen molar-refractivity contribution in [3.05, 3.63) is 95.6 Å². The van der Waals surface area contributed by atoms with Crippen LogP contribution in [0.2, 0.25) is 0 Å². The lowest BCUT2D eigenvalue weighted by Gasteiger charge is -2.23. The normalized spacial score (nSPS) is 13.6. The number of rotatable bonds is 11. The Labute approximate surface area is 229 Å². The van der Waals surface area contributed by atoms with Crippen molar-refractivity contribution in [1.29, 1.82) is 0 Å². The average Bonchev–Trinajstić information content (AvgIpc) is 3.27. The van der Waals surface area contributed by atoms with E-state index in [0.717, 1.165) is 27.8 Å². The van der Waals surface area contributed by atoms with Crippen LogP contribution >= 0.6 is 0 Å². The van der Waals surface area contributed by atoms with Gasteiger partial charge in [0.1, 0.15) is 25.3 Å². The summed E-state index contributed by atoms with van der Waals surface area (Å²) in [4.78, 5) is 38.7.